The predicted molar refractivity (Wildman–Crippen MR) is 54.9 cm³/mol. The highest BCUT2D eigenvalue weighted by Crippen LogP contribution is 2.07. The minimum absolute atomic E-state index is 0.787. The van der Waals surface area contributed by atoms with Crippen LogP contribution in [0.15, 0.2) is 12.2 Å². The molecule has 0 heterocycles. The lowest BCUT2D eigenvalue weighted by Gasteiger charge is -2.02. The smallest absolute Gasteiger partial charge is 0.0262 e. The molecule has 0 saturated heterocycles. The van der Waals surface area contributed by atoms with Crippen LogP contribution in [0.5, 0.6) is 0 Å². The van der Waals surface area contributed by atoms with Gasteiger partial charge in [0.1, 0.15) is 0 Å². The van der Waals surface area contributed by atoms with E-state index in [-0.39, 0.29) is 0 Å². The Labute approximate surface area is 72.7 Å². The highest BCUT2D eigenvalue weighted by atomic mass is 14.0. The highest BCUT2D eigenvalue weighted by Gasteiger charge is 1.92. The molecule has 0 aromatic heterocycles. The lowest BCUT2D eigenvalue weighted by atomic mass is 10.0. The SMILES string of the molecule is C/C=C/C(C)CCCC.CC. The van der Waals surface area contributed by atoms with Gasteiger partial charge in [-0.2, -0.15) is 0 Å². The lowest BCUT2D eigenvalue weighted by Crippen LogP contribution is -1.87. The summed E-state index contributed by atoms with van der Waals surface area (Å²) in [5, 5.41) is 0. The van der Waals surface area contributed by atoms with Crippen molar-refractivity contribution in [2.75, 3.05) is 0 Å². The molecule has 0 aliphatic heterocycles. The first-order valence-electron chi connectivity index (χ1n) is 4.94. The summed E-state index contributed by atoms with van der Waals surface area (Å²) in [6.45, 7) is 10.6. The van der Waals surface area contributed by atoms with Gasteiger partial charge in [0, 0.05) is 0 Å². The number of unbranched alkanes of at least 4 members (excludes halogenated alkanes) is 1. The van der Waals surface area contributed by atoms with E-state index in [0.717, 1.165) is 5.92 Å². The highest BCUT2D eigenvalue weighted by molar-refractivity contribution is 4.82. The van der Waals surface area contributed by atoms with E-state index in [0.29, 0.717) is 0 Å². The molecule has 0 spiro atoms. The van der Waals surface area contributed by atoms with Gasteiger partial charge in [0.05, 0.1) is 0 Å². The van der Waals surface area contributed by atoms with Gasteiger partial charge in [-0.25, -0.2) is 0 Å². The van der Waals surface area contributed by atoms with Crippen LogP contribution in [0.1, 0.15) is 53.9 Å². The molecule has 0 heteroatoms. The van der Waals surface area contributed by atoms with Crippen LogP contribution < -0.4 is 0 Å². The molecular weight excluding hydrogens is 132 g/mol. The van der Waals surface area contributed by atoms with Gasteiger partial charge in [0.15, 0.2) is 0 Å². The molecule has 0 saturated carbocycles. The van der Waals surface area contributed by atoms with Gasteiger partial charge in [-0.1, -0.05) is 52.7 Å². The number of rotatable bonds is 4. The van der Waals surface area contributed by atoms with Crippen molar-refractivity contribution < 1.29 is 0 Å². The van der Waals surface area contributed by atoms with E-state index in [1.54, 1.807) is 0 Å². The Morgan fingerprint density at radius 3 is 2.18 bits per heavy atom. The fourth-order valence-corrected chi connectivity index (χ4v) is 0.951. The van der Waals surface area contributed by atoms with Gasteiger partial charge in [-0.3, -0.25) is 0 Å². The van der Waals surface area contributed by atoms with Gasteiger partial charge in [-0.15, -0.1) is 0 Å². The van der Waals surface area contributed by atoms with E-state index in [1.165, 1.54) is 19.3 Å². The van der Waals surface area contributed by atoms with E-state index in [2.05, 4.69) is 32.9 Å². The molecule has 1 unspecified atom stereocenters. The lowest BCUT2D eigenvalue weighted by molar-refractivity contribution is 0.598. The van der Waals surface area contributed by atoms with Gasteiger partial charge in [0.25, 0.3) is 0 Å². The molecule has 0 rings (SSSR count). The van der Waals surface area contributed by atoms with Crippen molar-refractivity contribution in [3.05, 3.63) is 12.2 Å². The molecule has 0 fully saturated rings. The van der Waals surface area contributed by atoms with Crippen molar-refractivity contribution in [2.24, 2.45) is 5.92 Å². The van der Waals surface area contributed by atoms with Crippen molar-refractivity contribution in [2.45, 2.75) is 53.9 Å². The summed E-state index contributed by atoms with van der Waals surface area (Å²) in [4.78, 5) is 0. The second kappa shape index (κ2) is 12.4. The van der Waals surface area contributed by atoms with Gasteiger partial charge in [-0.05, 0) is 19.3 Å². The van der Waals surface area contributed by atoms with Crippen LogP contribution >= 0.6 is 0 Å². The fourth-order valence-electron chi connectivity index (χ4n) is 0.951. The summed E-state index contributed by atoms with van der Waals surface area (Å²) in [7, 11) is 0. The zero-order chi connectivity index (χ0) is 9.11. The van der Waals surface area contributed by atoms with Crippen LogP contribution in [0.2, 0.25) is 0 Å². The maximum atomic E-state index is 2.27. The summed E-state index contributed by atoms with van der Waals surface area (Å²) in [5.41, 5.74) is 0. The molecule has 0 aliphatic carbocycles. The molecule has 11 heavy (non-hydrogen) atoms. The molecule has 0 bridgehead atoms. The molecule has 0 radical (unpaired) electrons. The van der Waals surface area contributed by atoms with Crippen LogP contribution in [0, 0.1) is 5.92 Å². The molecule has 0 nitrogen and oxygen atoms in total. The summed E-state index contributed by atoms with van der Waals surface area (Å²) >= 11 is 0. The van der Waals surface area contributed by atoms with Gasteiger partial charge >= 0.3 is 0 Å². The Morgan fingerprint density at radius 1 is 1.27 bits per heavy atom. The summed E-state index contributed by atoms with van der Waals surface area (Å²) < 4.78 is 0. The third kappa shape index (κ3) is 12.8. The Hall–Kier alpha value is -0.260. The normalized spacial score (nSPS) is 12.5. The molecule has 0 amide bonds. The molecule has 0 aromatic carbocycles. The minimum Gasteiger partial charge on any atom is -0.0914 e. The van der Waals surface area contributed by atoms with E-state index in [9.17, 15) is 0 Å². The first kappa shape index (κ1) is 13.3. The first-order chi connectivity index (χ1) is 5.31. The Balaban J connectivity index is 0. The van der Waals surface area contributed by atoms with Crippen LogP contribution in [-0.2, 0) is 0 Å². The van der Waals surface area contributed by atoms with Crippen molar-refractivity contribution in [1.82, 2.24) is 0 Å². The predicted octanol–water partition coefficient (Wildman–Crippen LogP) is 4.42. The van der Waals surface area contributed by atoms with Gasteiger partial charge in [0.2, 0.25) is 0 Å². The minimum atomic E-state index is 0.787. The van der Waals surface area contributed by atoms with Crippen LogP contribution in [0.3, 0.4) is 0 Å². The Kier molecular flexibility index (Phi) is 15.1. The average molecular weight is 156 g/mol. The first-order valence-corrected chi connectivity index (χ1v) is 4.94. The average Bonchev–Trinajstić information content (AvgIpc) is 2.05. The fraction of sp³-hybridized carbons (Fsp3) is 0.818. The number of allylic oxidation sites excluding steroid dienone is 2. The molecular formula is C11H24. The third-order valence-corrected chi connectivity index (χ3v) is 1.53. The Bertz CT molecular complexity index is 72.1. The van der Waals surface area contributed by atoms with E-state index >= 15 is 0 Å². The van der Waals surface area contributed by atoms with Crippen LogP contribution in [0.25, 0.3) is 0 Å². The maximum absolute atomic E-state index is 2.27. The maximum Gasteiger partial charge on any atom is -0.0262 e. The monoisotopic (exact) mass is 156 g/mol. The molecule has 0 N–H and O–H groups in total. The zero-order valence-corrected chi connectivity index (χ0v) is 8.85. The third-order valence-electron chi connectivity index (χ3n) is 1.53. The van der Waals surface area contributed by atoms with Crippen molar-refractivity contribution in [3.63, 3.8) is 0 Å². The van der Waals surface area contributed by atoms with Crippen molar-refractivity contribution in [3.8, 4) is 0 Å². The van der Waals surface area contributed by atoms with Crippen LogP contribution in [0.4, 0.5) is 0 Å². The number of hydrogen-bond donors (Lipinski definition) is 0. The van der Waals surface area contributed by atoms with Crippen LogP contribution in [-0.4, -0.2) is 0 Å². The van der Waals surface area contributed by atoms with Crippen molar-refractivity contribution >= 4 is 0 Å². The van der Waals surface area contributed by atoms with E-state index in [1.807, 2.05) is 13.8 Å². The van der Waals surface area contributed by atoms with Gasteiger partial charge < -0.3 is 0 Å². The topological polar surface area (TPSA) is 0 Å². The van der Waals surface area contributed by atoms with E-state index < -0.39 is 0 Å². The molecule has 1 atom stereocenters. The molecule has 68 valence electrons. The molecule has 0 aromatic rings. The summed E-state index contributed by atoms with van der Waals surface area (Å²) in [5.74, 6) is 0.787. The van der Waals surface area contributed by atoms with Crippen molar-refractivity contribution in [1.29, 1.82) is 0 Å². The zero-order valence-electron chi connectivity index (χ0n) is 8.85. The van der Waals surface area contributed by atoms with E-state index in [4.69, 9.17) is 0 Å². The Morgan fingerprint density at radius 2 is 1.82 bits per heavy atom. The molecule has 0 aliphatic rings. The summed E-state index contributed by atoms with van der Waals surface area (Å²) in [6.07, 6.45) is 8.45. The quantitative estimate of drug-likeness (QED) is 0.529. The standard InChI is InChI=1S/C9H18.C2H6/c1-4-6-8-9(3)7-5-2;1-2/h5,7,9H,4,6,8H2,1-3H3;1-2H3/b7-5+;. The largest absolute Gasteiger partial charge is 0.0914 e. The summed E-state index contributed by atoms with van der Waals surface area (Å²) in [6, 6.07) is 0. The number of hydrogen-bond acceptors (Lipinski definition) is 0. The second-order valence-corrected chi connectivity index (χ2v) is 2.65. The second-order valence-electron chi connectivity index (χ2n) is 2.65.